The molecule has 114 valence electrons. The Hall–Kier alpha value is -2.63. The molecule has 0 radical (unpaired) electrons. The van der Waals surface area contributed by atoms with Crippen LogP contribution >= 0.6 is 0 Å². The molecular weight excluding hydrogens is 284 g/mol. The Bertz CT molecular complexity index is 647. The van der Waals surface area contributed by atoms with E-state index in [2.05, 4.69) is 6.58 Å². The number of hydrogen-bond donors (Lipinski definition) is 1. The zero-order valence-corrected chi connectivity index (χ0v) is 12.0. The van der Waals surface area contributed by atoms with Gasteiger partial charge in [0.2, 0.25) is 5.91 Å². The number of benzene rings is 1. The molecule has 1 atom stereocenters. The van der Waals surface area contributed by atoms with Crippen molar-refractivity contribution in [3.63, 3.8) is 0 Å². The number of carboxylic acid groups (broad SMARTS) is 1. The second kappa shape index (κ2) is 5.29. The van der Waals surface area contributed by atoms with Crippen LogP contribution in [0, 0.1) is 0 Å². The molecule has 2 aliphatic rings. The Morgan fingerprint density at radius 1 is 1.27 bits per heavy atom. The monoisotopic (exact) mass is 300 g/mol. The third-order valence-electron chi connectivity index (χ3n) is 4.19. The summed E-state index contributed by atoms with van der Waals surface area (Å²) in [4.78, 5) is 38.6. The quantitative estimate of drug-likeness (QED) is 0.909. The summed E-state index contributed by atoms with van der Waals surface area (Å²) < 4.78 is 0. The molecule has 2 aliphatic heterocycles. The van der Waals surface area contributed by atoms with Gasteiger partial charge in [0, 0.05) is 23.4 Å². The van der Waals surface area contributed by atoms with Gasteiger partial charge in [0.1, 0.15) is 12.6 Å². The molecule has 6 nitrogen and oxygen atoms in total. The standard InChI is InChI=1S/C16H16N2O4/c1-10-11-5-2-3-6-12(11)15(20)18(10)9-14(19)17-8-4-7-13(17)16(21)22/h2-3,5-6,13H,1,4,7-9H2,(H,21,22)/t13-/m1/s1. The number of carbonyl (C=O) groups excluding carboxylic acids is 2. The van der Waals surface area contributed by atoms with E-state index in [1.54, 1.807) is 18.2 Å². The number of hydrogen-bond acceptors (Lipinski definition) is 3. The molecule has 1 aromatic rings. The van der Waals surface area contributed by atoms with Crippen LogP contribution in [-0.2, 0) is 9.59 Å². The Morgan fingerprint density at radius 2 is 1.95 bits per heavy atom. The van der Waals surface area contributed by atoms with Crippen molar-refractivity contribution in [1.29, 1.82) is 0 Å². The van der Waals surface area contributed by atoms with Crippen LogP contribution in [-0.4, -0.2) is 51.8 Å². The summed E-state index contributed by atoms with van der Waals surface area (Å²) in [5, 5.41) is 9.15. The van der Waals surface area contributed by atoms with Crippen LogP contribution in [0.25, 0.3) is 5.70 Å². The molecule has 0 aliphatic carbocycles. The molecular formula is C16H16N2O4. The first-order valence-electron chi connectivity index (χ1n) is 7.13. The second-order valence-corrected chi connectivity index (χ2v) is 5.47. The highest BCUT2D eigenvalue weighted by atomic mass is 16.4. The molecule has 3 rings (SSSR count). The van der Waals surface area contributed by atoms with Gasteiger partial charge in [-0.3, -0.25) is 14.5 Å². The number of carbonyl (C=O) groups is 3. The van der Waals surface area contributed by atoms with E-state index < -0.39 is 12.0 Å². The lowest BCUT2D eigenvalue weighted by atomic mass is 10.1. The van der Waals surface area contributed by atoms with Gasteiger partial charge in [0.25, 0.3) is 5.91 Å². The number of rotatable bonds is 3. The molecule has 0 aromatic heterocycles. The van der Waals surface area contributed by atoms with E-state index in [0.29, 0.717) is 30.6 Å². The number of amides is 2. The van der Waals surface area contributed by atoms with Crippen LogP contribution in [0.2, 0.25) is 0 Å². The Kier molecular flexibility index (Phi) is 3.44. The van der Waals surface area contributed by atoms with Crippen LogP contribution in [0.1, 0.15) is 28.8 Å². The van der Waals surface area contributed by atoms with Gasteiger partial charge in [-0.15, -0.1) is 0 Å². The highest BCUT2D eigenvalue weighted by Gasteiger charge is 2.37. The zero-order chi connectivity index (χ0) is 15.9. The molecule has 1 aromatic carbocycles. The first kappa shape index (κ1) is 14.3. The molecule has 2 heterocycles. The van der Waals surface area contributed by atoms with Gasteiger partial charge in [0.05, 0.1) is 0 Å². The van der Waals surface area contributed by atoms with Gasteiger partial charge in [0.15, 0.2) is 0 Å². The Labute approximate surface area is 127 Å². The predicted molar refractivity (Wildman–Crippen MR) is 78.9 cm³/mol. The third-order valence-corrected chi connectivity index (χ3v) is 4.19. The van der Waals surface area contributed by atoms with E-state index in [-0.39, 0.29) is 18.4 Å². The van der Waals surface area contributed by atoms with Crippen molar-refractivity contribution in [3.8, 4) is 0 Å². The van der Waals surface area contributed by atoms with Crippen molar-refractivity contribution in [2.45, 2.75) is 18.9 Å². The molecule has 0 bridgehead atoms. The van der Waals surface area contributed by atoms with Gasteiger partial charge in [-0.25, -0.2) is 4.79 Å². The summed E-state index contributed by atoms with van der Waals surface area (Å²) in [7, 11) is 0. The van der Waals surface area contributed by atoms with Gasteiger partial charge in [-0.05, 0) is 18.9 Å². The van der Waals surface area contributed by atoms with E-state index in [1.807, 2.05) is 6.07 Å². The van der Waals surface area contributed by atoms with Crippen LogP contribution in [0.3, 0.4) is 0 Å². The summed E-state index contributed by atoms with van der Waals surface area (Å²) in [5.74, 6) is -1.62. The lowest BCUT2D eigenvalue weighted by Crippen LogP contribution is -2.45. The number of fused-ring (bicyclic) bond motifs is 1. The summed E-state index contributed by atoms with van der Waals surface area (Å²) in [6, 6.07) is 6.26. The molecule has 6 heteroatoms. The lowest BCUT2D eigenvalue weighted by Gasteiger charge is -2.25. The number of aliphatic carboxylic acids is 1. The Balaban J connectivity index is 1.77. The van der Waals surface area contributed by atoms with Crippen molar-refractivity contribution in [2.24, 2.45) is 0 Å². The van der Waals surface area contributed by atoms with Crippen molar-refractivity contribution in [1.82, 2.24) is 9.80 Å². The maximum Gasteiger partial charge on any atom is 0.326 e. The number of likely N-dealkylation sites (tertiary alicyclic amines) is 1. The SMILES string of the molecule is C=C1c2ccccc2C(=O)N1CC(=O)N1CCC[C@@H]1C(=O)O. The van der Waals surface area contributed by atoms with Gasteiger partial charge in [-0.2, -0.15) is 0 Å². The van der Waals surface area contributed by atoms with Crippen LogP contribution in [0.4, 0.5) is 0 Å². The summed E-state index contributed by atoms with van der Waals surface area (Å²) >= 11 is 0. The highest BCUT2D eigenvalue weighted by molar-refractivity contribution is 6.10. The summed E-state index contributed by atoms with van der Waals surface area (Å²) in [6.07, 6.45) is 1.12. The molecule has 0 saturated carbocycles. The fourth-order valence-electron chi connectivity index (χ4n) is 3.05. The minimum absolute atomic E-state index is 0.171. The first-order chi connectivity index (χ1) is 10.5. The minimum Gasteiger partial charge on any atom is -0.480 e. The van der Waals surface area contributed by atoms with Gasteiger partial charge >= 0.3 is 5.97 Å². The van der Waals surface area contributed by atoms with Crippen molar-refractivity contribution >= 4 is 23.5 Å². The molecule has 1 N–H and O–H groups in total. The van der Waals surface area contributed by atoms with E-state index in [9.17, 15) is 14.4 Å². The molecule has 22 heavy (non-hydrogen) atoms. The van der Waals surface area contributed by atoms with Crippen molar-refractivity contribution < 1.29 is 19.5 Å². The fraction of sp³-hybridized carbons (Fsp3) is 0.312. The van der Waals surface area contributed by atoms with E-state index in [1.165, 1.54) is 9.80 Å². The van der Waals surface area contributed by atoms with E-state index >= 15 is 0 Å². The largest absolute Gasteiger partial charge is 0.480 e. The fourth-order valence-corrected chi connectivity index (χ4v) is 3.05. The zero-order valence-electron chi connectivity index (χ0n) is 12.0. The van der Waals surface area contributed by atoms with Crippen LogP contribution in [0.5, 0.6) is 0 Å². The minimum atomic E-state index is -0.999. The second-order valence-electron chi connectivity index (χ2n) is 5.47. The molecule has 1 fully saturated rings. The predicted octanol–water partition coefficient (Wildman–Crippen LogP) is 1.19. The molecule has 1 saturated heterocycles. The van der Waals surface area contributed by atoms with E-state index in [4.69, 9.17) is 5.11 Å². The molecule has 2 amide bonds. The average Bonchev–Trinajstić information content (AvgIpc) is 3.08. The highest BCUT2D eigenvalue weighted by Crippen LogP contribution is 2.31. The van der Waals surface area contributed by atoms with Crippen molar-refractivity contribution in [3.05, 3.63) is 42.0 Å². The maximum absolute atomic E-state index is 12.4. The van der Waals surface area contributed by atoms with E-state index in [0.717, 1.165) is 5.56 Å². The third kappa shape index (κ3) is 2.16. The topological polar surface area (TPSA) is 77.9 Å². The normalized spacial score (nSPS) is 20.5. The summed E-state index contributed by atoms with van der Waals surface area (Å²) in [5.41, 5.74) is 1.73. The molecule has 0 spiro atoms. The van der Waals surface area contributed by atoms with Crippen LogP contribution < -0.4 is 0 Å². The number of nitrogens with zero attached hydrogens (tertiary/aromatic N) is 2. The first-order valence-corrected chi connectivity index (χ1v) is 7.13. The van der Waals surface area contributed by atoms with Gasteiger partial charge < -0.3 is 10.0 Å². The maximum atomic E-state index is 12.4. The number of carboxylic acids is 1. The van der Waals surface area contributed by atoms with Crippen LogP contribution in [0.15, 0.2) is 30.8 Å². The summed E-state index contributed by atoms with van der Waals surface area (Å²) in [6.45, 7) is 4.12. The van der Waals surface area contributed by atoms with Gasteiger partial charge in [-0.1, -0.05) is 24.8 Å². The molecule has 0 unspecified atom stereocenters. The average molecular weight is 300 g/mol. The smallest absolute Gasteiger partial charge is 0.326 e. The lowest BCUT2D eigenvalue weighted by molar-refractivity contribution is -0.148. The van der Waals surface area contributed by atoms with Crippen molar-refractivity contribution in [2.75, 3.05) is 13.1 Å². The Morgan fingerprint density at radius 3 is 2.59 bits per heavy atom.